The van der Waals surface area contributed by atoms with Gasteiger partial charge in [0.05, 0.1) is 36.2 Å². The summed E-state index contributed by atoms with van der Waals surface area (Å²) < 4.78 is 11.6. The maximum absolute atomic E-state index is 14.7. The number of amides is 7. The van der Waals surface area contributed by atoms with Crippen molar-refractivity contribution >= 4 is 41.7 Å². The Morgan fingerprint density at radius 1 is 0.730 bits per heavy atom. The van der Waals surface area contributed by atoms with Crippen LogP contribution in [0.1, 0.15) is 99.1 Å². The molecule has 6 N–H and O–H groups in total. The molecule has 16 heteroatoms. The highest BCUT2D eigenvalue weighted by Gasteiger charge is 2.43. The highest BCUT2D eigenvalue weighted by atomic mass is 16.6. The summed E-state index contributed by atoms with van der Waals surface area (Å²) in [4.78, 5) is 98.0. The Bertz CT molecular complexity index is 2730. The average molecular weight is 1000 g/mol. The molecule has 386 valence electrons. The number of likely N-dealkylation sites (tertiary alicyclic amines) is 1. The maximum Gasteiger partial charge on any atom is 0.411 e. The Morgan fingerprint density at radius 2 is 1.28 bits per heavy atom. The normalized spacial score (nSPS) is 15.9. The third-order valence-electron chi connectivity index (χ3n) is 13.0. The van der Waals surface area contributed by atoms with Crippen molar-refractivity contribution in [3.8, 4) is 11.1 Å². The summed E-state index contributed by atoms with van der Waals surface area (Å²) in [5, 5.41) is 16.8. The van der Waals surface area contributed by atoms with E-state index in [-0.39, 0.29) is 49.8 Å². The molecule has 0 spiro atoms. The van der Waals surface area contributed by atoms with Crippen LogP contribution < -0.4 is 31.9 Å². The van der Waals surface area contributed by atoms with Crippen molar-refractivity contribution in [3.63, 3.8) is 0 Å². The molecular weight excluding hydrogens is 939 g/mol. The highest BCUT2D eigenvalue weighted by molar-refractivity contribution is 5.99. The van der Waals surface area contributed by atoms with Gasteiger partial charge in [-0.1, -0.05) is 153 Å². The molecule has 1 heterocycles. The zero-order chi connectivity index (χ0) is 52.8. The fraction of sp³-hybridized carbons (Fsp3) is 0.328. The van der Waals surface area contributed by atoms with Crippen LogP contribution in [0.2, 0.25) is 0 Å². The molecule has 7 amide bonds. The predicted octanol–water partition coefficient (Wildman–Crippen LogP) is 7.77. The first kappa shape index (κ1) is 53.5. The zero-order valence-corrected chi connectivity index (χ0v) is 42.4. The Hall–Kier alpha value is -8.27. The molecule has 0 radical (unpaired) electrons. The third kappa shape index (κ3) is 13.8. The van der Waals surface area contributed by atoms with Crippen molar-refractivity contribution in [3.05, 3.63) is 179 Å². The van der Waals surface area contributed by atoms with Crippen LogP contribution >= 0.6 is 0 Å². The molecule has 0 bridgehead atoms. The molecule has 7 rings (SSSR count). The average Bonchev–Trinajstić information content (AvgIpc) is 3.97. The van der Waals surface area contributed by atoms with Crippen molar-refractivity contribution in [2.24, 2.45) is 0 Å². The number of ether oxygens (including phenoxy) is 2. The largest absolute Gasteiger partial charge is 0.449 e. The van der Waals surface area contributed by atoms with Crippen LogP contribution in [0.4, 0.5) is 14.4 Å². The van der Waals surface area contributed by atoms with Gasteiger partial charge in [-0.3, -0.25) is 24.1 Å². The summed E-state index contributed by atoms with van der Waals surface area (Å²) in [6, 6.07) is 39.2. The van der Waals surface area contributed by atoms with Crippen molar-refractivity contribution < 1.29 is 43.0 Å². The van der Waals surface area contributed by atoms with Gasteiger partial charge in [-0.15, -0.1) is 0 Å². The molecular formula is C58H65N7O9. The molecule has 0 aromatic heterocycles. The van der Waals surface area contributed by atoms with E-state index in [4.69, 9.17) is 9.47 Å². The molecule has 1 fully saturated rings. The van der Waals surface area contributed by atoms with Crippen LogP contribution in [-0.2, 0) is 28.7 Å². The monoisotopic (exact) mass is 1000 g/mol. The molecule has 1 aliphatic heterocycles. The van der Waals surface area contributed by atoms with Crippen LogP contribution in [0.3, 0.4) is 0 Å². The number of alkyl carbamates (subject to hydrolysis) is 1. The van der Waals surface area contributed by atoms with Crippen molar-refractivity contribution in [2.75, 3.05) is 26.7 Å². The number of nitrogens with zero attached hydrogens (tertiary/aromatic N) is 1. The number of carbonyl (C=O) groups is 7. The van der Waals surface area contributed by atoms with Gasteiger partial charge >= 0.3 is 18.2 Å². The summed E-state index contributed by atoms with van der Waals surface area (Å²) in [5.74, 6) is -3.26. The summed E-state index contributed by atoms with van der Waals surface area (Å²) in [6.07, 6.45) is 0.0775. The Balaban J connectivity index is 1.10. The summed E-state index contributed by atoms with van der Waals surface area (Å²) in [5.41, 5.74) is 5.44. The SMILES string of the molecule is CCC[C@H](NC(=O)C1C[C@@H](NC(=O)OCC2c3ccccc3-c3ccccc32)CN1C(=O)OC(C)(C)C)C(=CNC(=O)NC(c1ccccc1)c1ccccc1)C(=O)NCC(=O)CC(C(=O)NC)c1ccccc1. The Labute approximate surface area is 432 Å². The van der Waals surface area contributed by atoms with Gasteiger partial charge in [0.1, 0.15) is 18.2 Å². The van der Waals surface area contributed by atoms with E-state index in [1.807, 2.05) is 116 Å². The van der Waals surface area contributed by atoms with Crippen LogP contribution in [0.5, 0.6) is 0 Å². The first-order chi connectivity index (χ1) is 35.6. The number of benzene rings is 5. The third-order valence-corrected chi connectivity index (χ3v) is 13.0. The van der Waals surface area contributed by atoms with Gasteiger partial charge in [0.2, 0.25) is 11.8 Å². The minimum Gasteiger partial charge on any atom is -0.449 e. The number of hydrogen-bond acceptors (Lipinski definition) is 9. The molecule has 16 nitrogen and oxygen atoms in total. The highest BCUT2D eigenvalue weighted by Crippen LogP contribution is 2.44. The lowest BCUT2D eigenvalue weighted by Gasteiger charge is -2.29. The predicted molar refractivity (Wildman–Crippen MR) is 281 cm³/mol. The van der Waals surface area contributed by atoms with Gasteiger partial charge in [0, 0.05) is 32.1 Å². The van der Waals surface area contributed by atoms with E-state index in [1.54, 1.807) is 51.1 Å². The van der Waals surface area contributed by atoms with E-state index >= 15 is 0 Å². The molecule has 4 atom stereocenters. The smallest absolute Gasteiger partial charge is 0.411 e. The number of fused-ring (bicyclic) bond motifs is 3. The van der Waals surface area contributed by atoms with Crippen molar-refractivity contribution in [1.82, 2.24) is 36.8 Å². The lowest BCUT2D eigenvalue weighted by molar-refractivity contribution is -0.127. The number of urea groups is 1. The molecule has 1 aliphatic carbocycles. The number of ketones is 1. The van der Waals surface area contributed by atoms with E-state index < -0.39 is 78.0 Å². The molecule has 2 unspecified atom stereocenters. The summed E-state index contributed by atoms with van der Waals surface area (Å²) in [7, 11) is 1.48. The van der Waals surface area contributed by atoms with Crippen molar-refractivity contribution in [2.45, 2.75) is 95.0 Å². The number of rotatable bonds is 19. The minimum atomic E-state index is -1.18. The van der Waals surface area contributed by atoms with E-state index in [1.165, 1.54) is 18.1 Å². The standard InChI is InChI=1S/C58H65N7O9/c1-6-20-49(63-54(69)50-31-40(35-65(50)57(72)74-58(2,3)4)62-56(71)73-36-48-44-29-18-16-27-42(44)43-28-17-19-30-45(43)48)47(53(68)60-33-41(66)32-46(52(67)59-5)37-21-10-7-11-22-37)34-61-55(70)64-51(38-23-12-8-13-24-38)39-25-14-9-15-26-39/h7-19,21-30,34,40,46,48-51H,6,20,31-33,35-36H2,1-5H3,(H,59,67)(H,60,68)(H,62,71)(H,63,69)(H2,61,64,70)/t40-,46?,49+,50?/m1/s1. The Morgan fingerprint density at radius 3 is 1.84 bits per heavy atom. The first-order valence-corrected chi connectivity index (χ1v) is 25.0. The molecule has 5 aromatic carbocycles. The van der Waals surface area contributed by atoms with E-state index in [9.17, 15) is 33.6 Å². The van der Waals surface area contributed by atoms with E-state index in [0.29, 0.717) is 12.0 Å². The molecule has 5 aromatic rings. The fourth-order valence-electron chi connectivity index (χ4n) is 9.47. The quantitative estimate of drug-likeness (QED) is 0.0446. The second kappa shape index (κ2) is 24.9. The number of carbonyl (C=O) groups excluding carboxylic acids is 7. The number of nitrogens with one attached hydrogen (secondary N) is 6. The first-order valence-electron chi connectivity index (χ1n) is 25.0. The van der Waals surface area contributed by atoms with Crippen molar-refractivity contribution in [1.29, 1.82) is 0 Å². The lowest BCUT2D eigenvalue weighted by Crippen LogP contribution is -2.51. The molecule has 1 saturated heterocycles. The van der Waals surface area contributed by atoms with Gasteiger partial charge in [0.25, 0.3) is 5.91 Å². The molecule has 0 saturated carbocycles. The van der Waals surface area contributed by atoms with Crippen LogP contribution in [-0.4, -0.2) is 97.1 Å². The number of Topliss-reactive ketones (excluding diaryl/α,β-unsaturated/α-hetero) is 1. The number of likely N-dealkylation sites (N-methyl/N-ethyl adjacent to an activating group) is 1. The van der Waals surface area contributed by atoms with Crippen LogP contribution in [0, 0.1) is 0 Å². The summed E-state index contributed by atoms with van der Waals surface area (Å²) >= 11 is 0. The fourth-order valence-corrected chi connectivity index (χ4v) is 9.47. The Kier molecular flexibility index (Phi) is 18.0. The van der Waals surface area contributed by atoms with Crippen LogP contribution in [0.15, 0.2) is 151 Å². The second-order valence-corrected chi connectivity index (χ2v) is 19.4. The molecule has 74 heavy (non-hydrogen) atoms. The minimum absolute atomic E-state index is 0.0250. The van der Waals surface area contributed by atoms with Gasteiger partial charge in [0.15, 0.2) is 5.78 Å². The second-order valence-electron chi connectivity index (χ2n) is 19.4. The van der Waals surface area contributed by atoms with Gasteiger partial charge in [-0.25, -0.2) is 14.4 Å². The van der Waals surface area contributed by atoms with Crippen LogP contribution in [0.25, 0.3) is 11.1 Å². The number of hydrogen-bond donors (Lipinski definition) is 6. The van der Waals surface area contributed by atoms with E-state index in [0.717, 1.165) is 33.4 Å². The molecule has 2 aliphatic rings. The van der Waals surface area contributed by atoms with E-state index in [2.05, 4.69) is 31.9 Å². The van der Waals surface area contributed by atoms with Gasteiger partial charge < -0.3 is 41.4 Å². The lowest BCUT2D eigenvalue weighted by atomic mass is 9.92. The topological polar surface area (TPSA) is 213 Å². The summed E-state index contributed by atoms with van der Waals surface area (Å²) in [6.45, 7) is 6.44. The zero-order valence-electron chi connectivity index (χ0n) is 42.4. The maximum atomic E-state index is 14.7. The van der Waals surface area contributed by atoms with Gasteiger partial charge in [-0.2, -0.15) is 0 Å². The van der Waals surface area contributed by atoms with Gasteiger partial charge in [-0.05, 0) is 72.6 Å².